The van der Waals surface area contributed by atoms with Crippen LogP contribution in [-0.4, -0.2) is 17.6 Å². The van der Waals surface area contributed by atoms with Crippen molar-refractivity contribution >= 4 is 46.0 Å². The molecule has 4 atom stereocenters. The summed E-state index contributed by atoms with van der Waals surface area (Å²) in [5.41, 5.74) is 1.72. The molecule has 4 unspecified atom stereocenters. The maximum absolute atomic E-state index is 14.4. The van der Waals surface area contributed by atoms with Gasteiger partial charge in [-0.25, -0.2) is 4.90 Å². The van der Waals surface area contributed by atoms with E-state index in [-0.39, 0.29) is 17.6 Å². The molecular formula is C30H24ClNO3. The summed E-state index contributed by atoms with van der Waals surface area (Å²) in [6, 6.07) is 26.5. The predicted molar refractivity (Wildman–Crippen MR) is 136 cm³/mol. The highest BCUT2D eigenvalue weighted by Crippen LogP contribution is 2.74. The van der Waals surface area contributed by atoms with Crippen molar-refractivity contribution in [3.8, 4) is 0 Å². The Morgan fingerprint density at radius 1 is 0.743 bits per heavy atom. The van der Waals surface area contributed by atoms with Crippen LogP contribution >= 0.6 is 11.6 Å². The molecule has 3 aliphatic rings. The fourth-order valence-electron chi connectivity index (χ4n) is 7.00. The van der Waals surface area contributed by atoms with E-state index in [1.807, 2.05) is 74.5 Å². The van der Waals surface area contributed by atoms with E-state index in [1.54, 1.807) is 24.3 Å². The first-order valence-electron chi connectivity index (χ1n) is 11.9. The minimum Gasteiger partial charge on any atom is -0.298 e. The maximum Gasteiger partial charge on any atom is 0.239 e. The molecule has 0 radical (unpaired) electrons. The monoisotopic (exact) mass is 481 g/mol. The Balaban J connectivity index is 1.66. The van der Waals surface area contributed by atoms with Crippen molar-refractivity contribution in [1.82, 2.24) is 0 Å². The van der Waals surface area contributed by atoms with Crippen molar-refractivity contribution in [2.24, 2.45) is 22.7 Å². The number of anilines is 1. The maximum atomic E-state index is 14.4. The molecule has 1 saturated heterocycles. The van der Waals surface area contributed by atoms with E-state index in [0.717, 1.165) is 22.3 Å². The summed E-state index contributed by atoms with van der Waals surface area (Å²) in [5, 5.41) is 0.336. The number of rotatable bonds is 4. The first-order valence-corrected chi connectivity index (χ1v) is 12.3. The Bertz CT molecular complexity index is 1430. The third-order valence-electron chi connectivity index (χ3n) is 8.33. The van der Waals surface area contributed by atoms with Crippen LogP contribution in [0.2, 0.25) is 5.02 Å². The van der Waals surface area contributed by atoms with E-state index < -0.39 is 22.7 Å². The number of nitrogens with zero attached hydrogens (tertiary/aromatic N) is 1. The van der Waals surface area contributed by atoms with Gasteiger partial charge in [0, 0.05) is 0 Å². The molecule has 0 spiro atoms. The highest BCUT2D eigenvalue weighted by Gasteiger charge is 2.79. The summed E-state index contributed by atoms with van der Waals surface area (Å²) in [6.07, 6.45) is 0.429. The summed E-state index contributed by atoms with van der Waals surface area (Å²) in [5.74, 6) is -2.26. The number of Topliss-reactive ketones (excluding diaryl/α,β-unsaturated/α-hetero) is 1. The molecule has 2 bridgehead atoms. The minimum atomic E-state index is -1.13. The first kappa shape index (κ1) is 22.0. The second-order valence-electron chi connectivity index (χ2n) is 9.76. The zero-order chi connectivity index (χ0) is 24.5. The molecule has 0 aromatic heterocycles. The van der Waals surface area contributed by atoms with Crippen molar-refractivity contribution in [2.75, 3.05) is 4.90 Å². The highest BCUT2D eigenvalue weighted by atomic mass is 35.5. The lowest BCUT2D eigenvalue weighted by atomic mass is 9.62. The SMILES string of the molecule is CCC12C(=O)C(C)(C(c3ccccc3)=C1c1ccccc1)C1C(=O)N(c3ccccc3Cl)C(=O)C12. The highest BCUT2D eigenvalue weighted by molar-refractivity contribution is 6.38. The summed E-state index contributed by atoms with van der Waals surface area (Å²) in [6.45, 7) is 3.82. The molecule has 1 heterocycles. The Morgan fingerprint density at radius 3 is 1.83 bits per heavy atom. The number of para-hydroxylation sites is 1. The van der Waals surface area contributed by atoms with Crippen molar-refractivity contribution in [3.63, 3.8) is 0 Å². The molecule has 2 aliphatic carbocycles. The number of ketones is 1. The van der Waals surface area contributed by atoms with Gasteiger partial charge >= 0.3 is 0 Å². The van der Waals surface area contributed by atoms with E-state index >= 15 is 0 Å². The summed E-state index contributed by atoms with van der Waals surface area (Å²) >= 11 is 6.44. The average Bonchev–Trinajstić information content (AvgIpc) is 3.35. The third-order valence-corrected chi connectivity index (χ3v) is 8.65. The number of halogens is 1. The minimum absolute atomic E-state index is 0.0271. The number of hydrogen-bond acceptors (Lipinski definition) is 3. The zero-order valence-corrected chi connectivity index (χ0v) is 20.3. The lowest BCUT2D eigenvalue weighted by Crippen LogP contribution is -2.41. The van der Waals surface area contributed by atoms with Gasteiger partial charge in [0.15, 0.2) is 5.78 Å². The standard InChI is InChI=1S/C30H24ClNO3/c1-3-30-23(19-14-8-5-9-15-19)22(18-12-6-4-7-13-18)29(2,28(30)35)24-25(30)27(34)32(26(24)33)21-17-11-10-16-20(21)31/h4-17,24-25H,3H2,1-2H3. The molecule has 4 nitrogen and oxygen atoms in total. The van der Waals surface area contributed by atoms with Gasteiger partial charge < -0.3 is 0 Å². The molecule has 35 heavy (non-hydrogen) atoms. The zero-order valence-electron chi connectivity index (χ0n) is 19.5. The molecule has 0 N–H and O–H groups in total. The quantitative estimate of drug-likeness (QED) is 0.426. The number of hydrogen-bond donors (Lipinski definition) is 0. The van der Waals surface area contributed by atoms with Crippen molar-refractivity contribution < 1.29 is 14.4 Å². The largest absolute Gasteiger partial charge is 0.298 e. The fraction of sp³-hybridized carbons (Fsp3) is 0.233. The van der Waals surface area contributed by atoms with Crippen LogP contribution < -0.4 is 4.90 Å². The van der Waals surface area contributed by atoms with Crippen LogP contribution in [0.4, 0.5) is 5.69 Å². The normalized spacial score (nSPS) is 29.3. The summed E-state index contributed by atoms with van der Waals surface area (Å²) < 4.78 is 0. The number of benzene rings is 3. The van der Waals surface area contributed by atoms with Gasteiger partial charge in [-0.2, -0.15) is 0 Å². The number of fused-ring (bicyclic) bond motifs is 5. The van der Waals surface area contributed by atoms with Gasteiger partial charge in [-0.15, -0.1) is 0 Å². The summed E-state index contributed by atoms with van der Waals surface area (Å²) in [4.78, 5) is 43.8. The van der Waals surface area contributed by atoms with E-state index in [4.69, 9.17) is 11.6 Å². The van der Waals surface area contributed by atoms with E-state index in [0.29, 0.717) is 17.1 Å². The smallest absolute Gasteiger partial charge is 0.239 e. The molecule has 6 rings (SSSR count). The van der Waals surface area contributed by atoms with Crippen LogP contribution in [0, 0.1) is 22.7 Å². The van der Waals surface area contributed by atoms with Crippen molar-refractivity contribution in [3.05, 3.63) is 101 Å². The van der Waals surface area contributed by atoms with Crippen molar-refractivity contribution in [2.45, 2.75) is 20.3 Å². The van der Waals surface area contributed by atoms with Gasteiger partial charge in [0.1, 0.15) is 0 Å². The van der Waals surface area contributed by atoms with Crippen LogP contribution in [0.1, 0.15) is 31.4 Å². The molecule has 1 saturated carbocycles. The third kappa shape index (κ3) is 2.55. The van der Waals surface area contributed by atoms with E-state index in [9.17, 15) is 14.4 Å². The molecule has 1 aliphatic heterocycles. The van der Waals surface area contributed by atoms with Crippen LogP contribution in [0.25, 0.3) is 11.1 Å². The topological polar surface area (TPSA) is 54.5 Å². The van der Waals surface area contributed by atoms with E-state index in [2.05, 4.69) is 0 Å². The molecule has 3 aromatic carbocycles. The number of carbonyl (C=O) groups is 3. The Morgan fingerprint density at radius 2 is 1.26 bits per heavy atom. The second-order valence-corrected chi connectivity index (χ2v) is 10.2. The molecule has 3 aromatic rings. The molecule has 2 fully saturated rings. The van der Waals surface area contributed by atoms with Gasteiger partial charge in [0.05, 0.1) is 33.4 Å². The van der Waals surface area contributed by atoms with Crippen LogP contribution in [0.3, 0.4) is 0 Å². The molecule has 174 valence electrons. The number of carbonyl (C=O) groups excluding carboxylic acids is 3. The van der Waals surface area contributed by atoms with Crippen LogP contribution in [0.15, 0.2) is 84.9 Å². The summed E-state index contributed by atoms with van der Waals surface area (Å²) in [7, 11) is 0. The van der Waals surface area contributed by atoms with Crippen LogP contribution in [-0.2, 0) is 14.4 Å². The number of amides is 2. The Labute approximate surface area is 209 Å². The number of imide groups is 1. The molecular weight excluding hydrogens is 458 g/mol. The predicted octanol–water partition coefficient (Wildman–Crippen LogP) is 6.06. The van der Waals surface area contributed by atoms with Gasteiger partial charge in [0.2, 0.25) is 11.8 Å². The van der Waals surface area contributed by atoms with Gasteiger partial charge in [-0.1, -0.05) is 91.3 Å². The molecule has 5 heteroatoms. The van der Waals surface area contributed by atoms with Crippen molar-refractivity contribution in [1.29, 1.82) is 0 Å². The Hall–Kier alpha value is -3.50. The van der Waals surface area contributed by atoms with Gasteiger partial charge in [0.25, 0.3) is 0 Å². The average molecular weight is 482 g/mol. The Kier molecular flexibility index (Phi) is 4.71. The lowest BCUT2D eigenvalue weighted by molar-refractivity contribution is -0.134. The fourth-order valence-corrected chi connectivity index (χ4v) is 7.22. The van der Waals surface area contributed by atoms with Crippen LogP contribution in [0.5, 0.6) is 0 Å². The number of allylic oxidation sites excluding steroid dienone is 2. The lowest BCUT2D eigenvalue weighted by Gasteiger charge is -2.37. The van der Waals surface area contributed by atoms with E-state index in [1.165, 1.54) is 4.90 Å². The van der Waals surface area contributed by atoms with Gasteiger partial charge in [-0.05, 0) is 47.8 Å². The molecule has 2 amide bonds. The first-order chi connectivity index (χ1) is 16.9. The second kappa shape index (κ2) is 7.50. The van der Waals surface area contributed by atoms with Gasteiger partial charge in [-0.3, -0.25) is 14.4 Å².